The summed E-state index contributed by atoms with van der Waals surface area (Å²) in [5, 5.41) is 3.78. The van der Waals surface area contributed by atoms with Gasteiger partial charge in [0.25, 0.3) is 0 Å². The predicted octanol–water partition coefficient (Wildman–Crippen LogP) is 10.1. The summed E-state index contributed by atoms with van der Waals surface area (Å²) in [6.45, 7) is 7.98. The minimum atomic E-state index is -7.04. The van der Waals surface area contributed by atoms with Crippen molar-refractivity contribution in [1.82, 2.24) is 9.97 Å². The summed E-state index contributed by atoms with van der Waals surface area (Å²) in [6.07, 6.45) is 1.73. The molecule has 0 aliphatic heterocycles. The van der Waals surface area contributed by atoms with Crippen LogP contribution in [-0.4, -0.2) is 45.5 Å². The van der Waals surface area contributed by atoms with Crippen LogP contribution in [0.5, 0.6) is 0 Å². The largest absolute Gasteiger partial charge is 0.393 e. The zero-order valence-corrected chi connectivity index (χ0v) is 27.5. The lowest BCUT2D eigenvalue weighted by Crippen LogP contribution is -2.67. The second-order valence-electron chi connectivity index (χ2n) is 11.1. The van der Waals surface area contributed by atoms with E-state index in [0.29, 0.717) is 33.8 Å². The minimum Gasteiger partial charge on any atom is -0.296 e. The molecule has 2 amide bonds. The first-order chi connectivity index (χ1) is 22.4. The highest BCUT2D eigenvalue weighted by molar-refractivity contribution is 7.14. The normalized spacial score (nSPS) is 14.0. The first-order valence-corrected chi connectivity index (χ1v) is 16.4. The molecule has 2 aromatic heterocycles. The Kier molecular flexibility index (Phi) is 10.7. The monoisotopic (exact) mass is 718 g/mol. The Bertz CT molecular complexity index is 1610. The quantitative estimate of drug-likeness (QED) is 0.135. The SMILES string of the molecule is CCC(C)c1ccc(-c2csc(NC(=O)C(F)(F)C(F)(F)C(F)(F)C(F)(F)C(=O)Nc3nc(-c4ccc(C(C)CC)cc4)cs3)n2)cc1. The molecule has 0 aliphatic rings. The zero-order chi connectivity index (χ0) is 35.7. The number of thiazole rings is 2. The molecule has 2 atom stereocenters. The van der Waals surface area contributed by atoms with E-state index in [4.69, 9.17) is 0 Å². The van der Waals surface area contributed by atoms with Gasteiger partial charge in [-0.05, 0) is 35.8 Å². The lowest BCUT2D eigenvalue weighted by Gasteiger charge is -2.35. The minimum absolute atomic E-state index is 0.142. The van der Waals surface area contributed by atoms with E-state index in [2.05, 4.69) is 9.97 Å². The third-order valence-corrected chi connectivity index (χ3v) is 9.49. The van der Waals surface area contributed by atoms with Crippen LogP contribution < -0.4 is 10.6 Å². The zero-order valence-electron chi connectivity index (χ0n) is 25.9. The number of carbonyl (C=O) groups is 2. The van der Waals surface area contributed by atoms with Gasteiger partial charge in [0, 0.05) is 21.9 Å². The Labute approximate surface area is 278 Å². The highest BCUT2D eigenvalue weighted by Gasteiger charge is 2.84. The van der Waals surface area contributed by atoms with E-state index in [0.717, 1.165) is 24.0 Å². The van der Waals surface area contributed by atoms with Crippen molar-refractivity contribution < 1.29 is 44.7 Å². The van der Waals surface area contributed by atoms with E-state index < -0.39 is 45.8 Å². The third kappa shape index (κ3) is 6.95. The number of hydrogen-bond donors (Lipinski definition) is 2. The standard InChI is InChI=1S/C32H30F8N4O2S2/c1-5-17(3)19-7-11-21(12-8-19)23-15-47-27(41-23)43-25(45)29(33,34)31(37,38)32(39,40)30(35,36)26(46)44-28-42-24(16-48-28)22-13-9-20(10-14-22)18(4)6-2/h7-18H,5-6H2,1-4H3,(H,41,43,45)(H,42,44,46). The van der Waals surface area contributed by atoms with Gasteiger partial charge in [-0.3, -0.25) is 20.2 Å². The molecular weight excluding hydrogens is 688 g/mol. The Morgan fingerprint density at radius 2 is 0.938 bits per heavy atom. The topological polar surface area (TPSA) is 84.0 Å². The van der Waals surface area contributed by atoms with E-state index in [1.165, 1.54) is 21.4 Å². The van der Waals surface area contributed by atoms with Gasteiger partial charge in [0.1, 0.15) is 0 Å². The van der Waals surface area contributed by atoms with Crippen molar-refractivity contribution in [2.24, 2.45) is 0 Å². The fraction of sp³-hybridized carbons (Fsp3) is 0.375. The Hall–Kier alpha value is -3.92. The molecular formula is C32H30F8N4O2S2. The molecule has 0 bridgehead atoms. The van der Waals surface area contributed by atoms with Crippen molar-refractivity contribution in [3.8, 4) is 22.5 Å². The van der Waals surface area contributed by atoms with Crippen LogP contribution >= 0.6 is 22.7 Å². The predicted molar refractivity (Wildman–Crippen MR) is 170 cm³/mol. The number of carbonyl (C=O) groups excluding carboxylic acids is 2. The molecule has 6 nitrogen and oxygen atoms in total. The fourth-order valence-corrected chi connectivity index (χ4v) is 5.82. The van der Waals surface area contributed by atoms with Crippen LogP contribution in [0.3, 0.4) is 0 Å². The summed E-state index contributed by atoms with van der Waals surface area (Å²) in [4.78, 5) is 32.0. The van der Waals surface area contributed by atoms with Crippen LogP contribution in [0.4, 0.5) is 45.4 Å². The maximum absolute atomic E-state index is 14.6. The van der Waals surface area contributed by atoms with Gasteiger partial charge >= 0.3 is 35.5 Å². The van der Waals surface area contributed by atoms with Crippen LogP contribution in [-0.2, 0) is 9.59 Å². The van der Waals surface area contributed by atoms with E-state index >= 15 is 0 Å². The molecule has 48 heavy (non-hydrogen) atoms. The first kappa shape index (κ1) is 36.9. The molecule has 2 unspecified atom stereocenters. The van der Waals surface area contributed by atoms with Crippen LogP contribution in [0.1, 0.15) is 63.5 Å². The second kappa shape index (κ2) is 13.9. The molecule has 0 saturated heterocycles. The number of nitrogens with one attached hydrogen (secondary N) is 2. The van der Waals surface area contributed by atoms with E-state index in [-0.39, 0.29) is 23.2 Å². The molecule has 4 rings (SSSR count). The Balaban J connectivity index is 1.47. The number of hydrogen-bond acceptors (Lipinski definition) is 6. The van der Waals surface area contributed by atoms with Crippen molar-refractivity contribution in [1.29, 1.82) is 0 Å². The van der Waals surface area contributed by atoms with Crippen LogP contribution in [0, 0.1) is 0 Å². The second-order valence-corrected chi connectivity index (χ2v) is 12.9. The van der Waals surface area contributed by atoms with Crippen LogP contribution in [0.2, 0.25) is 0 Å². The highest BCUT2D eigenvalue weighted by atomic mass is 32.1. The van der Waals surface area contributed by atoms with E-state index in [9.17, 15) is 44.7 Å². The number of benzene rings is 2. The summed E-state index contributed by atoms with van der Waals surface area (Å²) in [7, 11) is 0. The molecule has 0 spiro atoms. The number of anilines is 2. The molecule has 2 aromatic carbocycles. The molecule has 258 valence electrons. The average molecular weight is 719 g/mol. The maximum atomic E-state index is 14.6. The molecule has 16 heteroatoms. The summed E-state index contributed by atoms with van der Waals surface area (Å²) in [6, 6.07) is 13.7. The van der Waals surface area contributed by atoms with E-state index in [1.807, 2.05) is 27.7 Å². The summed E-state index contributed by atoms with van der Waals surface area (Å²) in [5.74, 6) is -32.5. The Morgan fingerprint density at radius 1 is 0.625 bits per heavy atom. The number of aromatic nitrogens is 2. The summed E-state index contributed by atoms with van der Waals surface area (Å²) >= 11 is 1.02. The molecule has 4 aromatic rings. The Morgan fingerprint density at radius 3 is 1.23 bits per heavy atom. The van der Waals surface area contributed by atoms with Crippen LogP contribution in [0.15, 0.2) is 59.3 Å². The summed E-state index contributed by atoms with van der Waals surface area (Å²) in [5.41, 5.74) is 3.22. The molecule has 2 N–H and O–H groups in total. The van der Waals surface area contributed by atoms with Crippen molar-refractivity contribution in [3.63, 3.8) is 0 Å². The maximum Gasteiger partial charge on any atom is 0.393 e. The van der Waals surface area contributed by atoms with Crippen molar-refractivity contribution in [2.45, 2.75) is 76.1 Å². The number of rotatable bonds is 13. The molecule has 0 radical (unpaired) electrons. The van der Waals surface area contributed by atoms with E-state index in [1.54, 1.807) is 48.5 Å². The van der Waals surface area contributed by atoms with Crippen molar-refractivity contribution >= 4 is 44.8 Å². The van der Waals surface area contributed by atoms with Gasteiger partial charge in [0.2, 0.25) is 0 Å². The lowest BCUT2D eigenvalue weighted by molar-refractivity contribution is -0.345. The fourth-order valence-electron chi connectivity index (χ4n) is 4.39. The highest BCUT2D eigenvalue weighted by Crippen LogP contribution is 2.53. The van der Waals surface area contributed by atoms with Crippen molar-refractivity contribution in [2.75, 3.05) is 10.6 Å². The smallest absolute Gasteiger partial charge is 0.296 e. The number of halogens is 8. The third-order valence-electron chi connectivity index (χ3n) is 7.98. The molecule has 0 fully saturated rings. The molecule has 0 aliphatic carbocycles. The molecule has 2 heterocycles. The number of alkyl halides is 8. The lowest BCUT2D eigenvalue weighted by atomic mass is 9.97. The van der Waals surface area contributed by atoms with Gasteiger partial charge in [-0.25, -0.2) is 9.97 Å². The van der Waals surface area contributed by atoms with Gasteiger partial charge in [-0.2, -0.15) is 35.1 Å². The molecule has 0 saturated carbocycles. The van der Waals surface area contributed by atoms with Gasteiger partial charge in [-0.15, -0.1) is 22.7 Å². The van der Waals surface area contributed by atoms with Crippen molar-refractivity contribution in [3.05, 3.63) is 70.4 Å². The average Bonchev–Trinajstić information content (AvgIpc) is 3.73. The summed E-state index contributed by atoms with van der Waals surface area (Å²) < 4.78 is 117. The van der Waals surface area contributed by atoms with Crippen LogP contribution in [0.25, 0.3) is 22.5 Å². The van der Waals surface area contributed by atoms with Gasteiger partial charge in [0.15, 0.2) is 10.3 Å². The van der Waals surface area contributed by atoms with Gasteiger partial charge in [-0.1, -0.05) is 76.2 Å². The first-order valence-electron chi connectivity index (χ1n) is 14.6. The van der Waals surface area contributed by atoms with Gasteiger partial charge in [0.05, 0.1) is 11.4 Å². The number of amides is 2. The number of nitrogens with zero attached hydrogens (tertiary/aromatic N) is 2. The van der Waals surface area contributed by atoms with Gasteiger partial charge < -0.3 is 0 Å².